The lowest BCUT2D eigenvalue weighted by molar-refractivity contribution is -0.141. The average Bonchev–Trinajstić information content (AvgIpc) is 2.69. The summed E-state index contributed by atoms with van der Waals surface area (Å²) in [5.74, 6) is -0.628. The highest BCUT2D eigenvalue weighted by molar-refractivity contribution is 7.90. The summed E-state index contributed by atoms with van der Waals surface area (Å²) in [7, 11) is -10.7. The van der Waals surface area contributed by atoms with Crippen molar-refractivity contribution in [3.05, 3.63) is 17.8 Å². The molecule has 0 aliphatic carbocycles. The normalized spacial score (nSPS) is 19.2. The molecule has 1 aliphatic heterocycles. The molecule has 1 aliphatic rings. The van der Waals surface area contributed by atoms with E-state index in [1.807, 2.05) is 0 Å². The van der Waals surface area contributed by atoms with Gasteiger partial charge in [0, 0.05) is 25.2 Å². The van der Waals surface area contributed by atoms with Crippen LogP contribution < -0.4 is 14.8 Å². The highest BCUT2D eigenvalue weighted by Crippen LogP contribution is 2.33. The highest BCUT2D eigenvalue weighted by Gasteiger charge is 2.39. The Morgan fingerprint density at radius 3 is 2.26 bits per heavy atom. The number of nitrogens with zero attached hydrogens (tertiary/aromatic N) is 2. The average molecular weight is 552 g/mol. The fourth-order valence-electron chi connectivity index (χ4n) is 3.46. The number of nitrogens with one attached hydrogen (secondary N) is 3. The van der Waals surface area contributed by atoms with Gasteiger partial charge in [-0.2, -0.15) is 17.5 Å². The summed E-state index contributed by atoms with van der Waals surface area (Å²) in [5, 5.41) is 1.48. The van der Waals surface area contributed by atoms with Crippen LogP contribution in [-0.2, 0) is 36.2 Å². The minimum Gasteiger partial charge on any atom is -0.367 e. The summed E-state index contributed by atoms with van der Waals surface area (Å²) in [6, 6.07) is 1.27. The van der Waals surface area contributed by atoms with Gasteiger partial charge in [0.25, 0.3) is 0 Å². The topological polar surface area (TPSA) is 155 Å². The first-order valence-corrected chi connectivity index (χ1v) is 14.9. The van der Waals surface area contributed by atoms with Gasteiger partial charge in [-0.25, -0.2) is 39.7 Å². The standard InChI is InChI=1S/C17H28F3N5O6S3/c1-16(2,24-32(4,26)27)11-22-15-13(7-8-14(23-15)17(18,19)20)34(30,31)25-9-5-6-12(10-25)33(28,29)21-3/h7-8,12,21,24H,5-6,9-11H2,1-4H3,(H,22,23). The van der Waals surface area contributed by atoms with Crippen molar-refractivity contribution in [1.29, 1.82) is 0 Å². The predicted molar refractivity (Wildman–Crippen MR) is 120 cm³/mol. The maximum atomic E-state index is 13.3. The zero-order chi connectivity index (χ0) is 26.2. The summed E-state index contributed by atoms with van der Waals surface area (Å²) < 4.78 is 119. The Bertz CT molecular complexity index is 1220. The van der Waals surface area contributed by atoms with E-state index in [2.05, 4.69) is 19.7 Å². The smallest absolute Gasteiger partial charge is 0.367 e. The molecule has 1 aromatic rings. The van der Waals surface area contributed by atoms with Crippen LogP contribution in [0.3, 0.4) is 0 Å². The van der Waals surface area contributed by atoms with Crippen molar-refractivity contribution in [2.75, 3.05) is 38.3 Å². The van der Waals surface area contributed by atoms with Crippen molar-refractivity contribution in [3.63, 3.8) is 0 Å². The number of aromatic nitrogens is 1. The van der Waals surface area contributed by atoms with Crippen molar-refractivity contribution < 1.29 is 38.4 Å². The molecule has 0 radical (unpaired) electrons. The summed E-state index contributed by atoms with van der Waals surface area (Å²) in [6.45, 7) is 2.18. The van der Waals surface area contributed by atoms with Gasteiger partial charge in [0.1, 0.15) is 16.4 Å². The molecule has 2 heterocycles. The number of sulfonamides is 3. The minimum absolute atomic E-state index is 0.0281. The molecular weight excluding hydrogens is 523 g/mol. The number of hydrogen-bond donors (Lipinski definition) is 3. The lowest BCUT2D eigenvalue weighted by Gasteiger charge is -2.32. The van der Waals surface area contributed by atoms with E-state index in [1.54, 1.807) is 0 Å². The van der Waals surface area contributed by atoms with E-state index in [4.69, 9.17) is 0 Å². The van der Waals surface area contributed by atoms with E-state index in [0.29, 0.717) is 6.07 Å². The fourth-order valence-corrected chi connectivity index (χ4v) is 7.45. The quantitative estimate of drug-likeness (QED) is 0.402. The van der Waals surface area contributed by atoms with Crippen LogP contribution in [0.25, 0.3) is 0 Å². The highest BCUT2D eigenvalue weighted by atomic mass is 32.2. The van der Waals surface area contributed by atoms with Crippen LogP contribution in [0.2, 0.25) is 0 Å². The summed E-state index contributed by atoms with van der Waals surface area (Å²) >= 11 is 0. The molecule has 3 N–H and O–H groups in total. The van der Waals surface area contributed by atoms with Crippen molar-refractivity contribution in [3.8, 4) is 0 Å². The number of hydrogen-bond acceptors (Lipinski definition) is 8. The van der Waals surface area contributed by atoms with E-state index in [1.165, 1.54) is 20.9 Å². The van der Waals surface area contributed by atoms with Crippen molar-refractivity contribution >= 4 is 35.9 Å². The number of rotatable bonds is 9. The van der Waals surface area contributed by atoms with E-state index < -0.39 is 63.4 Å². The molecule has 0 bridgehead atoms. The summed E-state index contributed by atoms with van der Waals surface area (Å²) in [4.78, 5) is 2.85. The first-order valence-electron chi connectivity index (χ1n) is 10.0. The van der Waals surface area contributed by atoms with Gasteiger partial charge < -0.3 is 5.32 Å². The van der Waals surface area contributed by atoms with E-state index >= 15 is 0 Å². The van der Waals surface area contributed by atoms with Crippen LogP contribution in [0.1, 0.15) is 32.4 Å². The fraction of sp³-hybridized carbons (Fsp3) is 0.706. The van der Waals surface area contributed by atoms with Gasteiger partial charge in [0.05, 0.1) is 11.5 Å². The third kappa shape index (κ3) is 7.24. The Hall–Kier alpha value is -1.53. The Morgan fingerprint density at radius 1 is 1.12 bits per heavy atom. The van der Waals surface area contributed by atoms with Gasteiger partial charge in [0.15, 0.2) is 0 Å². The molecule has 0 saturated carbocycles. The lowest BCUT2D eigenvalue weighted by atomic mass is 10.1. The third-order valence-electron chi connectivity index (χ3n) is 4.99. The molecule has 1 fully saturated rings. The second-order valence-corrected chi connectivity index (χ2v) is 14.3. The maximum Gasteiger partial charge on any atom is 0.433 e. The van der Waals surface area contributed by atoms with Crippen molar-refractivity contribution in [2.24, 2.45) is 0 Å². The number of anilines is 1. The molecule has 1 atom stereocenters. The van der Waals surface area contributed by atoms with Gasteiger partial charge in [0.2, 0.25) is 30.1 Å². The van der Waals surface area contributed by atoms with Crippen LogP contribution in [0.4, 0.5) is 19.0 Å². The van der Waals surface area contributed by atoms with Crippen LogP contribution in [0.15, 0.2) is 17.0 Å². The molecule has 11 nitrogen and oxygen atoms in total. The molecule has 34 heavy (non-hydrogen) atoms. The predicted octanol–water partition coefficient (Wildman–Crippen LogP) is 0.542. The number of piperidine rings is 1. The molecule has 1 aromatic heterocycles. The zero-order valence-corrected chi connectivity index (χ0v) is 21.4. The molecule has 1 saturated heterocycles. The van der Waals surface area contributed by atoms with Gasteiger partial charge in [-0.1, -0.05) is 0 Å². The number of pyridine rings is 1. The molecular formula is C17H28F3N5O6S3. The molecule has 17 heteroatoms. The molecule has 1 unspecified atom stereocenters. The van der Waals surface area contributed by atoms with Gasteiger partial charge in [-0.3, -0.25) is 0 Å². The second-order valence-electron chi connectivity index (χ2n) is 8.53. The maximum absolute atomic E-state index is 13.3. The lowest BCUT2D eigenvalue weighted by Crippen LogP contribution is -2.48. The van der Waals surface area contributed by atoms with Gasteiger partial charge in [-0.05, 0) is 45.9 Å². The summed E-state index contributed by atoms with van der Waals surface area (Å²) in [6.07, 6.45) is -3.51. The molecule has 0 aromatic carbocycles. The van der Waals surface area contributed by atoms with E-state index in [0.717, 1.165) is 16.6 Å². The van der Waals surface area contributed by atoms with Crippen LogP contribution in [0.5, 0.6) is 0 Å². The molecule has 0 amide bonds. The van der Waals surface area contributed by atoms with Crippen molar-refractivity contribution in [2.45, 2.75) is 48.5 Å². The SMILES string of the molecule is CNS(=O)(=O)C1CCCN(S(=O)(=O)c2ccc(C(F)(F)F)nc2NCC(C)(C)NS(C)(=O)=O)C1. The van der Waals surface area contributed by atoms with Crippen LogP contribution in [0, 0.1) is 0 Å². The van der Waals surface area contributed by atoms with Crippen LogP contribution in [-0.4, -0.2) is 78.3 Å². The Kier molecular flexibility index (Phi) is 8.31. The van der Waals surface area contributed by atoms with Crippen molar-refractivity contribution in [1.82, 2.24) is 18.7 Å². The number of halogens is 3. The zero-order valence-electron chi connectivity index (χ0n) is 19.0. The Balaban J connectivity index is 2.47. The first-order chi connectivity index (χ1) is 15.3. The third-order valence-corrected chi connectivity index (χ3v) is 9.64. The monoisotopic (exact) mass is 551 g/mol. The first kappa shape index (κ1) is 28.7. The van der Waals surface area contributed by atoms with Crippen LogP contribution >= 0.6 is 0 Å². The van der Waals surface area contributed by atoms with Gasteiger partial charge >= 0.3 is 6.18 Å². The molecule has 196 valence electrons. The summed E-state index contributed by atoms with van der Waals surface area (Å²) in [5.41, 5.74) is -2.56. The molecule has 0 spiro atoms. The largest absolute Gasteiger partial charge is 0.433 e. The second kappa shape index (κ2) is 9.85. The van der Waals surface area contributed by atoms with E-state index in [-0.39, 0.29) is 32.5 Å². The minimum atomic E-state index is -4.86. The van der Waals surface area contributed by atoms with E-state index in [9.17, 15) is 38.4 Å². The molecule has 2 rings (SSSR count). The Morgan fingerprint density at radius 2 is 1.74 bits per heavy atom. The number of alkyl halides is 3. The van der Waals surface area contributed by atoms with Gasteiger partial charge in [-0.15, -0.1) is 0 Å². The Labute approximate surface area is 197 Å².